The molecule has 0 fully saturated rings. The SMILES string of the molecule is O=C([O-])CN(CCN(CC(=O)[O-])Cc1nccc(OCc2ccccc2)c1OCc1ccccc1)CCN(CC(=O)[O-])Cc1nccc(OCc2ccccc2)c1OCc1ccccc1.[Na+].[Na+].[Na+]. The van der Waals surface area contributed by atoms with Gasteiger partial charge in [-0.15, -0.1) is 0 Å². The van der Waals surface area contributed by atoms with Gasteiger partial charge in [0.05, 0.1) is 17.9 Å². The predicted molar refractivity (Wildman–Crippen MR) is 234 cm³/mol. The number of ether oxygens (including phenoxy) is 4. The molecule has 68 heavy (non-hydrogen) atoms. The third-order valence-corrected chi connectivity index (χ3v) is 10.1. The Balaban J connectivity index is 0.00000408. The van der Waals surface area contributed by atoms with E-state index in [-0.39, 0.29) is 154 Å². The maximum Gasteiger partial charge on any atom is 1.00 e. The number of rotatable bonds is 28. The molecule has 6 rings (SSSR count). The van der Waals surface area contributed by atoms with Gasteiger partial charge < -0.3 is 48.7 Å². The number of carboxylic acids is 3. The zero-order chi connectivity index (χ0) is 45.6. The maximum absolute atomic E-state index is 12.1. The van der Waals surface area contributed by atoms with Crippen LogP contribution in [0.3, 0.4) is 0 Å². The molecule has 2 heterocycles. The molecule has 2 aromatic heterocycles. The first-order chi connectivity index (χ1) is 31.7. The van der Waals surface area contributed by atoms with E-state index < -0.39 is 37.5 Å². The summed E-state index contributed by atoms with van der Waals surface area (Å²) >= 11 is 0. The summed E-state index contributed by atoms with van der Waals surface area (Å²) in [4.78, 5) is 50.0. The molecule has 18 heteroatoms. The number of carbonyl (C=O) groups excluding carboxylic acids is 3. The molecule has 0 atom stereocenters. The summed E-state index contributed by atoms with van der Waals surface area (Å²) in [6.45, 7) is -0.501. The smallest absolute Gasteiger partial charge is 0.549 e. The van der Waals surface area contributed by atoms with Gasteiger partial charge in [0.15, 0.2) is 23.0 Å². The van der Waals surface area contributed by atoms with Crippen molar-refractivity contribution < 1.29 is 137 Å². The number of aliphatic carboxylic acids is 3. The number of nitrogens with zero attached hydrogens (tertiary/aromatic N) is 5. The van der Waals surface area contributed by atoms with E-state index in [0.717, 1.165) is 22.3 Å². The molecule has 0 bridgehead atoms. The van der Waals surface area contributed by atoms with E-state index in [4.69, 9.17) is 18.9 Å². The zero-order valence-corrected chi connectivity index (χ0v) is 44.9. The van der Waals surface area contributed by atoms with E-state index in [1.807, 2.05) is 121 Å². The molecule has 0 radical (unpaired) electrons. The molecule has 0 aliphatic rings. The average molecular weight is 950 g/mol. The van der Waals surface area contributed by atoms with Crippen LogP contribution in [0, 0.1) is 0 Å². The van der Waals surface area contributed by atoms with Gasteiger partial charge in [0.25, 0.3) is 0 Å². The summed E-state index contributed by atoms with van der Waals surface area (Å²) in [7, 11) is 0. The quantitative estimate of drug-likeness (QED) is 0.0422. The first-order valence-electron chi connectivity index (χ1n) is 21.1. The average Bonchev–Trinajstić information content (AvgIpc) is 3.31. The van der Waals surface area contributed by atoms with Crippen molar-refractivity contribution in [1.29, 1.82) is 0 Å². The number of aromatic nitrogens is 2. The Kier molecular flexibility index (Phi) is 27.1. The van der Waals surface area contributed by atoms with Crippen molar-refractivity contribution in [3.8, 4) is 23.0 Å². The number of hydrogen-bond acceptors (Lipinski definition) is 15. The minimum absolute atomic E-state index is 0. The number of carboxylic acid groups (broad SMARTS) is 3. The second-order valence-electron chi connectivity index (χ2n) is 15.1. The molecule has 0 saturated carbocycles. The van der Waals surface area contributed by atoms with Crippen molar-refractivity contribution in [2.45, 2.75) is 39.5 Å². The van der Waals surface area contributed by atoms with E-state index in [1.165, 1.54) is 0 Å². The number of carbonyl (C=O) groups is 3. The standard InChI is InChI=1S/C50H53N5O10.3Na/c56-46(57)31-53(25-27-54(32-47(58)59)29-42-49(64-36-40-17-9-3-10-18-40)44(21-23-51-42)62-34-38-13-5-1-6-14-38)26-28-55(33-48(60)61)30-43-50(65-37-41-19-11-4-12-20-41)45(22-24-52-43)63-35-39-15-7-2-8-16-39;;;/h1-24H,25-37H2,(H,56,57)(H,58,59)(H,60,61);;;/q;3*+1/p-3. The second kappa shape index (κ2) is 31.7. The molecule has 0 unspecified atom stereocenters. The molecule has 0 aliphatic heterocycles. The summed E-state index contributed by atoms with van der Waals surface area (Å²) in [5.74, 6) is -2.60. The van der Waals surface area contributed by atoms with Crippen LogP contribution >= 0.6 is 0 Å². The van der Waals surface area contributed by atoms with Crippen LogP contribution in [0.4, 0.5) is 0 Å². The summed E-state index contributed by atoms with van der Waals surface area (Å²) < 4.78 is 25.0. The first-order valence-corrected chi connectivity index (χ1v) is 21.1. The molecule has 338 valence electrons. The molecule has 0 saturated heterocycles. The third-order valence-electron chi connectivity index (χ3n) is 10.1. The van der Waals surface area contributed by atoms with Crippen LogP contribution in [0.15, 0.2) is 146 Å². The molecule has 6 aromatic rings. The van der Waals surface area contributed by atoms with Gasteiger partial charge >= 0.3 is 88.7 Å². The summed E-state index contributed by atoms with van der Waals surface area (Å²) in [5, 5.41) is 36.2. The minimum Gasteiger partial charge on any atom is -0.549 e. The van der Waals surface area contributed by atoms with Gasteiger partial charge in [0, 0.05) is 83.4 Å². The largest absolute Gasteiger partial charge is 1.00 e. The molecule has 15 nitrogen and oxygen atoms in total. The van der Waals surface area contributed by atoms with Gasteiger partial charge in [-0.2, -0.15) is 0 Å². The molecular formula is C50H50N5Na3O10. The zero-order valence-electron chi connectivity index (χ0n) is 38.9. The number of hydrogen-bond donors (Lipinski definition) is 0. The molecular weight excluding hydrogens is 900 g/mol. The minimum atomic E-state index is -1.37. The fourth-order valence-corrected chi connectivity index (χ4v) is 6.87. The van der Waals surface area contributed by atoms with E-state index in [2.05, 4.69) is 9.97 Å². The van der Waals surface area contributed by atoms with Crippen molar-refractivity contribution in [1.82, 2.24) is 24.7 Å². The van der Waals surface area contributed by atoms with Crippen LogP contribution in [0.1, 0.15) is 33.6 Å². The fraction of sp³-hybridized carbons (Fsp3) is 0.260. The van der Waals surface area contributed by atoms with Crippen molar-refractivity contribution in [3.05, 3.63) is 179 Å². The summed E-state index contributed by atoms with van der Waals surface area (Å²) in [5.41, 5.74) is 4.44. The van der Waals surface area contributed by atoms with Gasteiger partial charge in [-0.25, -0.2) is 0 Å². The van der Waals surface area contributed by atoms with Crippen molar-refractivity contribution >= 4 is 17.9 Å². The van der Waals surface area contributed by atoms with Gasteiger partial charge in [-0.05, 0) is 22.3 Å². The van der Waals surface area contributed by atoms with Crippen LogP contribution in [0.25, 0.3) is 0 Å². The Labute approximate surface area is 463 Å². The molecule has 0 N–H and O–H groups in total. The first kappa shape index (κ1) is 58.0. The predicted octanol–water partition coefficient (Wildman–Crippen LogP) is -6.34. The van der Waals surface area contributed by atoms with Gasteiger partial charge in [-0.3, -0.25) is 24.7 Å². The summed E-state index contributed by atoms with van der Waals surface area (Å²) in [6.07, 6.45) is 3.10. The fourth-order valence-electron chi connectivity index (χ4n) is 6.87. The number of benzene rings is 4. The van der Waals surface area contributed by atoms with E-state index in [1.54, 1.807) is 39.2 Å². The Morgan fingerprint density at radius 3 is 0.985 bits per heavy atom. The normalized spacial score (nSPS) is 10.6. The molecule has 0 aliphatic carbocycles. The Morgan fingerprint density at radius 2 is 0.676 bits per heavy atom. The van der Waals surface area contributed by atoms with Gasteiger partial charge in [0.2, 0.25) is 0 Å². The van der Waals surface area contributed by atoms with E-state index in [0.29, 0.717) is 34.4 Å². The second-order valence-corrected chi connectivity index (χ2v) is 15.1. The van der Waals surface area contributed by atoms with Crippen LogP contribution in [-0.4, -0.2) is 88.4 Å². The van der Waals surface area contributed by atoms with Gasteiger partial charge in [0.1, 0.15) is 37.8 Å². The Hall–Kier alpha value is -4.33. The molecule has 4 aromatic carbocycles. The Morgan fingerprint density at radius 1 is 0.397 bits per heavy atom. The van der Waals surface area contributed by atoms with Crippen molar-refractivity contribution in [3.63, 3.8) is 0 Å². The number of pyridine rings is 2. The summed E-state index contributed by atoms with van der Waals surface area (Å²) in [6, 6.07) is 41.5. The molecule has 0 amide bonds. The maximum atomic E-state index is 12.1. The monoisotopic (exact) mass is 949 g/mol. The van der Waals surface area contributed by atoms with Crippen molar-refractivity contribution in [2.75, 3.05) is 45.8 Å². The third kappa shape index (κ3) is 20.3. The van der Waals surface area contributed by atoms with E-state index in [9.17, 15) is 29.7 Å². The van der Waals surface area contributed by atoms with Crippen LogP contribution in [-0.2, 0) is 53.9 Å². The molecule has 0 spiro atoms. The van der Waals surface area contributed by atoms with Crippen LogP contribution in [0.2, 0.25) is 0 Å². The topological polar surface area (TPSA) is 193 Å². The van der Waals surface area contributed by atoms with E-state index >= 15 is 0 Å². The van der Waals surface area contributed by atoms with Crippen molar-refractivity contribution in [2.24, 2.45) is 0 Å². The van der Waals surface area contributed by atoms with Gasteiger partial charge in [-0.1, -0.05) is 121 Å². The van der Waals surface area contributed by atoms with Crippen LogP contribution < -0.4 is 123 Å². The Bertz CT molecular complexity index is 2250. The van der Waals surface area contributed by atoms with Crippen LogP contribution in [0.5, 0.6) is 23.0 Å².